The summed E-state index contributed by atoms with van der Waals surface area (Å²) in [7, 11) is 3.25. The van der Waals surface area contributed by atoms with E-state index >= 15 is 0 Å². The molecule has 1 aromatic carbocycles. The van der Waals surface area contributed by atoms with Gasteiger partial charge in [-0.25, -0.2) is 4.98 Å². The van der Waals surface area contributed by atoms with Crippen molar-refractivity contribution in [2.45, 2.75) is 6.92 Å². The summed E-state index contributed by atoms with van der Waals surface area (Å²) < 4.78 is 10.7. The first-order valence-electron chi connectivity index (χ1n) is 7.61. The Balaban J connectivity index is 1.89. The van der Waals surface area contributed by atoms with E-state index in [0.717, 1.165) is 49.6 Å². The number of methoxy groups -OCH3 is 2. The quantitative estimate of drug-likeness (QED) is 0.858. The summed E-state index contributed by atoms with van der Waals surface area (Å²) in [4.78, 5) is 14.0. The van der Waals surface area contributed by atoms with Crippen LogP contribution in [-0.2, 0) is 0 Å². The van der Waals surface area contributed by atoms with Crippen molar-refractivity contribution in [3.63, 3.8) is 0 Å². The highest BCUT2D eigenvalue weighted by Crippen LogP contribution is 2.31. The molecule has 22 heavy (non-hydrogen) atoms. The number of anilines is 1. The molecule has 6 nitrogen and oxygen atoms in total. The maximum Gasteiger partial charge on any atom is 0.163 e. The van der Waals surface area contributed by atoms with Crippen molar-refractivity contribution in [2.75, 3.05) is 51.8 Å². The van der Waals surface area contributed by atoms with Crippen LogP contribution in [0.25, 0.3) is 11.0 Å². The number of hydrogen-bond donors (Lipinski definition) is 0. The molecule has 0 aliphatic carbocycles. The van der Waals surface area contributed by atoms with Gasteiger partial charge in [-0.15, -0.1) is 0 Å². The normalized spacial score (nSPS) is 16.0. The second-order valence-electron chi connectivity index (χ2n) is 5.35. The molecule has 1 saturated heterocycles. The van der Waals surface area contributed by atoms with Gasteiger partial charge in [0.05, 0.1) is 31.4 Å². The number of ether oxygens (including phenoxy) is 2. The van der Waals surface area contributed by atoms with Crippen LogP contribution in [0.1, 0.15) is 6.92 Å². The summed E-state index contributed by atoms with van der Waals surface area (Å²) in [6, 6.07) is 3.74. The number of piperazine rings is 1. The van der Waals surface area contributed by atoms with Crippen LogP contribution in [0.15, 0.2) is 18.3 Å². The van der Waals surface area contributed by atoms with Crippen molar-refractivity contribution < 1.29 is 9.47 Å². The molecule has 0 saturated carbocycles. The van der Waals surface area contributed by atoms with E-state index in [1.54, 1.807) is 14.2 Å². The van der Waals surface area contributed by atoms with Crippen LogP contribution in [0.5, 0.6) is 11.5 Å². The number of fused-ring (bicyclic) bond motifs is 1. The lowest BCUT2D eigenvalue weighted by molar-refractivity contribution is 0.270. The maximum atomic E-state index is 5.35. The fourth-order valence-corrected chi connectivity index (χ4v) is 2.78. The Morgan fingerprint density at radius 1 is 1.00 bits per heavy atom. The number of nitrogens with zero attached hydrogens (tertiary/aromatic N) is 4. The lowest BCUT2D eigenvalue weighted by atomic mass is 10.2. The van der Waals surface area contributed by atoms with Crippen molar-refractivity contribution in [1.82, 2.24) is 14.9 Å². The minimum absolute atomic E-state index is 0.675. The molecule has 1 aliphatic heterocycles. The third-order valence-electron chi connectivity index (χ3n) is 4.18. The van der Waals surface area contributed by atoms with Gasteiger partial charge in [-0.1, -0.05) is 6.92 Å². The summed E-state index contributed by atoms with van der Waals surface area (Å²) in [5.41, 5.74) is 1.64. The number of aromatic nitrogens is 2. The molecule has 1 aliphatic rings. The van der Waals surface area contributed by atoms with Crippen molar-refractivity contribution in [2.24, 2.45) is 0 Å². The molecular formula is C16H22N4O2. The first-order valence-corrected chi connectivity index (χ1v) is 7.61. The van der Waals surface area contributed by atoms with Crippen LogP contribution >= 0.6 is 0 Å². The predicted octanol–water partition coefficient (Wildman–Crippen LogP) is 1.79. The highest BCUT2D eigenvalue weighted by Gasteiger charge is 2.18. The molecule has 2 aromatic rings. The van der Waals surface area contributed by atoms with Crippen molar-refractivity contribution in [3.05, 3.63) is 18.3 Å². The summed E-state index contributed by atoms with van der Waals surface area (Å²) in [5, 5.41) is 0. The van der Waals surface area contributed by atoms with Gasteiger partial charge in [0.25, 0.3) is 0 Å². The molecule has 1 fully saturated rings. The van der Waals surface area contributed by atoms with Gasteiger partial charge < -0.3 is 19.3 Å². The molecule has 0 N–H and O–H groups in total. The zero-order valence-electron chi connectivity index (χ0n) is 13.4. The first kappa shape index (κ1) is 14.8. The van der Waals surface area contributed by atoms with Crippen molar-refractivity contribution >= 4 is 16.9 Å². The number of rotatable bonds is 4. The van der Waals surface area contributed by atoms with Gasteiger partial charge in [0.2, 0.25) is 0 Å². The van der Waals surface area contributed by atoms with Crippen LogP contribution in [0, 0.1) is 0 Å². The van der Waals surface area contributed by atoms with E-state index in [0.29, 0.717) is 11.5 Å². The minimum Gasteiger partial charge on any atom is -0.493 e. The van der Waals surface area contributed by atoms with Crippen molar-refractivity contribution in [3.8, 4) is 11.5 Å². The number of benzene rings is 1. The maximum absolute atomic E-state index is 5.35. The van der Waals surface area contributed by atoms with E-state index in [1.807, 2.05) is 18.3 Å². The van der Waals surface area contributed by atoms with E-state index in [-0.39, 0.29) is 0 Å². The molecule has 6 heteroatoms. The first-order chi connectivity index (χ1) is 10.7. The summed E-state index contributed by atoms with van der Waals surface area (Å²) >= 11 is 0. The van der Waals surface area contributed by atoms with Crippen LogP contribution in [0.2, 0.25) is 0 Å². The van der Waals surface area contributed by atoms with Crippen LogP contribution < -0.4 is 14.4 Å². The highest BCUT2D eigenvalue weighted by molar-refractivity contribution is 5.80. The number of hydrogen-bond acceptors (Lipinski definition) is 6. The molecule has 3 rings (SSSR count). The Kier molecular flexibility index (Phi) is 4.29. The number of likely N-dealkylation sites (N-methyl/N-ethyl adjacent to an activating group) is 1. The smallest absolute Gasteiger partial charge is 0.163 e. The Labute approximate surface area is 130 Å². The van der Waals surface area contributed by atoms with Crippen LogP contribution in [-0.4, -0.2) is 61.8 Å². The Bertz CT molecular complexity index is 654. The molecule has 0 amide bonds. The molecule has 118 valence electrons. The minimum atomic E-state index is 0.675. The average molecular weight is 302 g/mol. The zero-order chi connectivity index (χ0) is 15.5. The van der Waals surface area contributed by atoms with Gasteiger partial charge in [-0.2, -0.15) is 0 Å². The van der Waals surface area contributed by atoms with Crippen LogP contribution in [0.3, 0.4) is 0 Å². The molecular weight excluding hydrogens is 280 g/mol. The van der Waals surface area contributed by atoms with E-state index in [2.05, 4.69) is 21.7 Å². The van der Waals surface area contributed by atoms with E-state index in [9.17, 15) is 0 Å². The zero-order valence-corrected chi connectivity index (χ0v) is 13.4. The van der Waals surface area contributed by atoms with Gasteiger partial charge in [0.15, 0.2) is 11.5 Å². The molecule has 1 aromatic heterocycles. The summed E-state index contributed by atoms with van der Waals surface area (Å²) in [6.45, 7) is 7.42. The molecule has 0 unspecified atom stereocenters. The molecule has 2 heterocycles. The van der Waals surface area contributed by atoms with E-state index < -0.39 is 0 Å². The standard InChI is InChI=1S/C16H22N4O2/c1-4-19-5-7-20(8-6-19)16-11-17-12-9-14(21-2)15(22-3)10-13(12)18-16/h9-11H,4-8H2,1-3H3. The predicted molar refractivity (Wildman–Crippen MR) is 87.0 cm³/mol. The third kappa shape index (κ3) is 2.78. The SMILES string of the molecule is CCN1CCN(c2cnc3cc(OC)c(OC)cc3n2)CC1. The molecule has 0 atom stereocenters. The van der Waals surface area contributed by atoms with Gasteiger partial charge >= 0.3 is 0 Å². The fourth-order valence-electron chi connectivity index (χ4n) is 2.78. The van der Waals surface area contributed by atoms with Gasteiger partial charge in [0.1, 0.15) is 5.82 Å². The summed E-state index contributed by atoms with van der Waals surface area (Å²) in [5.74, 6) is 2.28. The Morgan fingerprint density at radius 2 is 1.64 bits per heavy atom. The second-order valence-corrected chi connectivity index (χ2v) is 5.35. The van der Waals surface area contributed by atoms with Gasteiger partial charge in [-0.3, -0.25) is 4.98 Å². The fraction of sp³-hybridized carbons (Fsp3) is 0.500. The highest BCUT2D eigenvalue weighted by atomic mass is 16.5. The third-order valence-corrected chi connectivity index (χ3v) is 4.18. The summed E-state index contributed by atoms with van der Waals surface area (Å²) in [6.07, 6.45) is 1.84. The van der Waals surface area contributed by atoms with E-state index in [1.165, 1.54) is 0 Å². The average Bonchev–Trinajstić information content (AvgIpc) is 2.60. The lowest BCUT2D eigenvalue weighted by Crippen LogP contribution is -2.46. The Hall–Kier alpha value is -2.08. The molecule has 0 spiro atoms. The molecule has 0 bridgehead atoms. The van der Waals surface area contributed by atoms with Gasteiger partial charge in [-0.05, 0) is 6.54 Å². The lowest BCUT2D eigenvalue weighted by Gasteiger charge is -2.34. The second kappa shape index (κ2) is 6.36. The van der Waals surface area contributed by atoms with Crippen LogP contribution in [0.4, 0.5) is 5.82 Å². The molecule has 0 radical (unpaired) electrons. The topological polar surface area (TPSA) is 50.7 Å². The van der Waals surface area contributed by atoms with E-state index in [4.69, 9.17) is 14.5 Å². The largest absolute Gasteiger partial charge is 0.493 e. The van der Waals surface area contributed by atoms with Crippen molar-refractivity contribution in [1.29, 1.82) is 0 Å². The Morgan fingerprint density at radius 3 is 2.23 bits per heavy atom. The monoisotopic (exact) mass is 302 g/mol. The van der Waals surface area contributed by atoms with Gasteiger partial charge in [0, 0.05) is 38.3 Å².